The first-order chi connectivity index (χ1) is 12.9. The molecule has 0 unspecified atom stereocenters. The number of sulfone groups is 1. The fourth-order valence-electron chi connectivity index (χ4n) is 2.80. The van der Waals surface area contributed by atoms with E-state index in [-0.39, 0.29) is 17.3 Å². The van der Waals surface area contributed by atoms with Gasteiger partial charge in [-0.25, -0.2) is 8.42 Å². The minimum atomic E-state index is -3.63. The van der Waals surface area contributed by atoms with E-state index in [0.717, 1.165) is 11.1 Å². The zero-order valence-electron chi connectivity index (χ0n) is 15.2. The average molecular weight is 400 g/mol. The van der Waals surface area contributed by atoms with Gasteiger partial charge in [0.25, 0.3) is 5.91 Å². The van der Waals surface area contributed by atoms with Crippen LogP contribution in [0.5, 0.6) is 0 Å². The van der Waals surface area contributed by atoms with Crippen molar-refractivity contribution in [3.8, 4) is 0 Å². The predicted octanol–water partition coefficient (Wildman–Crippen LogP) is 4.31. The molecule has 4 nitrogen and oxygen atoms in total. The minimum Gasteiger partial charge on any atom is -0.350 e. The molecule has 1 atom stereocenters. The van der Waals surface area contributed by atoms with Crippen LogP contribution < -0.4 is 5.32 Å². The van der Waals surface area contributed by atoms with Crippen molar-refractivity contribution < 1.29 is 13.2 Å². The molecule has 27 heavy (non-hydrogen) atoms. The molecule has 140 valence electrons. The number of hydrogen-bond donors (Lipinski definition) is 1. The molecule has 1 heterocycles. The summed E-state index contributed by atoms with van der Waals surface area (Å²) in [6, 6.07) is 17.6. The number of benzene rings is 2. The molecule has 0 aliphatic carbocycles. The van der Waals surface area contributed by atoms with Gasteiger partial charge in [-0.2, -0.15) is 0 Å². The molecule has 0 fully saturated rings. The maximum atomic E-state index is 13.2. The summed E-state index contributed by atoms with van der Waals surface area (Å²) in [5.74, 6) is -0.278. The Labute approximate surface area is 163 Å². The highest BCUT2D eigenvalue weighted by Crippen LogP contribution is 2.31. The lowest BCUT2D eigenvalue weighted by atomic mass is 10.1. The van der Waals surface area contributed by atoms with E-state index in [1.54, 1.807) is 42.5 Å². The van der Waals surface area contributed by atoms with Gasteiger partial charge in [-0.1, -0.05) is 41.5 Å². The molecule has 3 rings (SSSR count). The van der Waals surface area contributed by atoms with Crippen molar-refractivity contribution >= 4 is 27.1 Å². The second-order valence-corrected chi connectivity index (χ2v) is 9.55. The molecule has 0 aliphatic heterocycles. The lowest BCUT2D eigenvalue weighted by Gasteiger charge is -2.18. The van der Waals surface area contributed by atoms with Gasteiger partial charge >= 0.3 is 0 Å². The van der Waals surface area contributed by atoms with Crippen molar-refractivity contribution in [3.05, 3.63) is 87.6 Å². The number of hydrogen-bond acceptors (Lipinski definition) is 4. The van der Waals surface area contributed by atoms with Crippen LogP contribution in [0.3, 0.4) is 0 Å². The number of amides is 1. The Morgan fingerprint density at radius 1 is 1.00 bits per heavy atom. The molecule has 0 radical (unpaired) electrons. The minimum absolute atomic E-state index is 0.0174. The van der Waals surface area contributed by atoms with Crippen LogP contribution in [-0.4, -0.2) is 20.9 Å². The highest BCUT2D eigenvalue weighted by atomic mass is 32.2. The average Bonchev–Trinajstić information content (AvgIpc) is 3.16. The summed E-state index contributed by atoms with van der Waals surface area (Å²) in [4.78, 5) is 13.4. The summed E-state index contributed by atoms with van der Waals surface area (Å²) < 4.78 is 26.4. The molecule has 0 aliphatic rings. The van der Waals surface area contributed by atoms with Crippen molar-refractivity contribution in [1.29, 1.82) is 0 Å². The van der Waals surface area contributed by atoms with Crippen LogP contribution in [0.1, 0.15) is 31.6 Å². The van der Waals surface area contributed by atoms with E-state index in [9.17, 15) is 13.2 Å². The van der Waals surface area contributed by atoms with Crippen molar-refractivity contribution in [2.75, 3.05) is 6.54 Å². The lowest BCUT2D eigenvalue weighted by molar-refractivity contribution is 0.0953. The molecule has 2 aromatic carbocycles. The zero-order valence-corrected chi connectivity index (χ0v) is 16.8. The summed E-state index contributed by atoms with van der Waals surface area (Å²) in [5, 5.41) is 3.81. The standard InChI is InChI=1S/C21H21NO3S2/c1-15-8-10-18(11-9-15)27(24,25)20(19-7-4-12-26-19)14-22-21(23)17-6-3-5-16(2)13-17/h3-13,20H,14H2,1-2H3,(H,22,23)/t20-/m1/s1. The van der Waals surface area contributed by atoms with Crippen LogP contribution in [-0.2, 0) is 9.84 Å². The van der Waals surface area contributed by atoms with Crippen LogP contribution in [0.15, 0.2) is 70.9 Å². The van der Waals surface area contributed by atoms with E-state index in [4.69, 9.17) is 0 Å². The Balaban J connectivity index is 1.86. The molecule has 1 aromatic heterocycles. The zero-order chi connectivity index (χ0) is 19.4. The van der Waals surface area contributed by atoms with Crippen LogP contribution in [0.4, 0.5) is 0 Å². The highest BCUT2D eigenvalue weighted by Gasteiger charge is 2.30. The molecular weight excluding hydrogens is 378 g/mol. The molecule has 6 heteroatoms. The van der Waals surface area contributed by atoms with Gasteiger partial charge in [-0.3, -0.25) is 4.79 Å². The molecule has 0 saturated heterocycles. The maximum absolute atomic E-state index is 13.2. The summed E-state index contributed by atoms with van der Waals surface area (Å²) in [6.45, 7) is 3.84. The van der Waals surface area contributed by atoms with Gasteiger partial charge in [-0.05, 0) is 49.6 Å². The van der Waals surface area contributed by atoms with Crippen molar-refractivity contribution in [2.24, 2.45) is 0 Å². The normalized spacial score (nSPS) is 12.5. The molecule has 3 aromatic rings. The number of thiophene rings is 1. The molecule has 0 saturated carbocycles. The maximum Gasteiger partial charge on any atom is 0.251 e. The molecule has 1 N–H and O–H groups in total. The lowest BCUT2D eigenvalue weighted by Crippen LogP contribution is -2.31. The predicted molar refractivity (Wildman–Crippen MR) is 109 cm³/mol. The van der Waals surface area contributed by atoms with E-state index < -0.39 is 15.1 Å². The summed E-state index contributed by atoms with van der Waals surface area (Å²) in [5.41, 5.74) is 2.49. The summed E-state index contributed by atoms with van der Waals surface area (Å²) >= 11 is 1.38. The van der Waals surface area contributed by atoms with Crippen LogP contribution in [0, 0.1) is 13.8 Å². The van der Waals surface area contributed by atoms with Gasteiger partial charge in [0.2, 0.25) is 0 Å². The van der Waals surface area contributed by atoms with Crippen molar-refractivity contribution in [3.63, 3.8) is 0 Å². The van der Waals surface area contributed by atoms with Gasteiger partial charge in [0.1, 0.15) is 5.25 Å². The third-order valence-electron chi connectivity index (χ3n) is 4.31. The van der Waals surface area contributed by atoms with E-state index >= 15 is 0 Å². The van der Waals surface area contributed by atoms with Gasteiger partial charge in [0.15, 0.2) is 9.84 Å². The van der Waals surface area contributed by atoms with E-state index in [1.807, 2.05) is 37.4 Å². The molecule has 1 amide bonds. The Bertz CT molecular complexity index is 1020. The van der Waals surface area contributed by atoms with E-state index in [1.165, 1.54) is 11.3 Å². The first kappa shape index (κ1) is 19.3. The monoisotopic (exact) mass is 399 g/mol. The number of carbonyl (C=O) groups is 1. The Morgan fingerprint density at radius 3 is 2.37 bits per heavy atom. The topological polar surface area (TPSA) is 63.2 Å². The molecule has 0 spiro atoms. The van der Waals surface area contributed by atoms with Gasteiger partial charge in [0, 0.05) is 17.0 Å². The second kappa shape index (κ2) is 8.06. The van der Waals surface area contributed by atoms with Crippen LogP contribution >= 0.6 is 11.3 Å². The van der Waals surface area contributed by atoms with E-state index in [2.05, 4.69) is 5.32 Å². The molecule has 0 bridgehead atoms. The van der Waals surface area contributed by atoms with E-state index in [0.29, 0.717) is 10.4 Å². The van der Waals surface area contributed by atoms with Gasteiger partial charge in [0.05, 0.1) is 4.90 Å². The first-order valence-corrected chi connectivity index (χ1v) is 11.0. The quantitative estimate of drug-likeness (QED) is 0.672. The van der Waals surface area contributed by atoms with Crippen molar-refractivity contribution in [1.82, 2.24) is 5.32 Å². The SMILES string of the molecule is Cc1ccc(S(=O)(=O)[C@H](CNC(=O)c2cccc(C)c2)c2cccs2)cc1. The third-order valence-corrected chi connectivity index (χ3v) is 7.55. The number of carbonyl (C=O) groups excluding carboxylic acids is 1. The highest BCUT2D eigenvalue weighted by molar-refractivity contribution is 7.91. The van der Waals surface area contributed by atoms with Crippen LogP contribution in [0.2, 0.25) is 0 Å². The van der Waals surface area contributed by atoms with Gasteiger partial charge in [-0.15, -0.1) is 11.3 Å². The van der Waals surface area contributed by atoms with Gasteiger partial charge < -0.3 is 5.32 Å². The Kier molecular flexibility index (Phi) is 5.77. The van der Waals surface area contributed by atoms with Crippen LogP contribution in [0.25, 0.3) is 0 Å². The molecular formula is C21H21NO3S2. The first-order valence-electron chi connectivity index (χ1n) is 8.57. The fourth-order valence-corrected chi connectivity index (χ4v) is 5.59. The second-order valence-electron chi connectivity index (χ2n) is 6.44. The number of nitrogens with one attached hydrogen (secondary N) is 1. The van der Waals surface area contributed by atoms with Crippen molar-refractivity contribution in [2.45, 2.75) is 24.0 Å². The third kappa shape index (κ3) is 4.46. The number of aryl methyl sites for hydroxylation is 2. The number of rotatable bonds is 6. The smallest absolute Gasteiger partial charge is 0.251 e. The Hall–Kier alpha value is -2.44. The Morgan fingerprint density at radius 2 is 1.74 bits per heavy atom. The fraction of sp³-hybridized carbons (Fsp3) is 0.190. The largest absolute Gasteiger partial charge is 0.350 e. The summed E-state index contributed by atoms with van der Waals surface area (Å²) in [7, 11) is -3.63. The summed E-state index contributed by atoms with van der Waals surface area (Å²) in [6.07, 6.45) is 0.